The van der Waals surface area contributed by atoms with Crippen molar-refractivity contribution < 1.29 is 19.1 Å². The summed E-state index contributed by atoms with van der Waals surface area (Å²) in [5, 5.41) is 1.52. The third-order valence-electron chi connectivity index (χ3n) is 18.5. The number of ether oxygens (including phenoxy) is 2. The maximum atomic E-state index is 14.1. The van der Waals surface area contributed by atoms with E-state index in [-0.39, 0.29) is 19.9 Å². The van der Waals surface area contributed by atoms with Gasteiger partial charge in [0.05, 0.1) is 44.9 Å². The first-order valence-electron chi connectivity index (χ1n) is 32.3. The molecule has 96 heavy (non-hydrogen) atoms. The van der Waals surface area contributed by atoms with E-state index in [1.54, 1.807) is 0 Å². The van der Waals surface area contributed by atoms with Crippen LogP contribution in [0.3, 0.4) is 0 Å². The first-order chi connectivity index (χ1) is 47.5. The molecule has 0 bridgehead atoms. The molecule has 0 N–H and O–H groups in total. The lowest BCUT2D eigenvalue weighted by atomic mass is 9.33. The molecule has 0 spiro atoms. The van der Waals surface area contributed by atoms with Gasteiger partial charge in [0, 0.05) is 67.0 Å². The molecule has 0 saturated heterocycles. The molecule has 0 atom stereocenters. The minimum absolute atomic E-state index is 0.0586. The second-order valence-electron chi connectivity index (χ2n) is 24.2. The van der Waals surface area contributed by atoms with E-state index >= 15 is 0 Å². The normalized spacial score (nSPS) is 12.1. The number of carbonyl (C=O) groups is 2. The molecule has 9 nitrogen and oxygen atoms in total. The Morgan fingerprint density at radius 1 is 0.344 bits per heavy atom. The fraction of sp³-hybridized carbons (Fsp3) is 0.0233. The number of benzene rings is 13. The number of fused-ring (bicyclic) bond motifs is 7. The number of hydrogen-bond donors (Lipinski definition) is 0. The van der Waals surface area contributed by atoms with Crippen LogP contribution >= 0.6 is 0 Å². The molecule has 13 aromatic carbocycles. The van der Waals surface area contributed by atoms with Crippen molar-refractivity contribution >= 4 is 91.0 Å². The quantitative estimate of drug-likeness (QED) is 0.0786. The highest BCUT2D eigenvalue weighted by Crippen LogP contribution is 2.49. The Bertz CT molecular complexity index is 5280. The Morgan fingerprint density at radius 3 is 1.33 bits per heavy atom. The van der Waals surface area contributed by atoms with Gasteiger partial charge < -0.3 is 23.8 Å². The monoisotopic (exact) mass is 1240 g/mol. The van der Waals surface area contributed by atoms with Crippen molar-refractivity contribution in [2.45, 2.75) is 13.2 Å². The van der Waals surface area contributed by atoms with E-state index in [0.29, 0.717) is 17.0 Å². The minimum atomic E-state index is -0.460. The van der Waals surface area contributed by atoms with E-state index in [1.807, 2.05) is 146 Å². The zero-order valence-electron chi connectivity index (χ0n) is 52.0. The Hall–Kier alpha value is -12.7. The lowest BCUT2D eigenvalue weighted by Crippen LogP contribution is -2.61. The van der Waals surface area contributed by atoms with Crippen LogP contribution in [0, 0.1) is 0 Å². The van der Waals surface area contributed by atoms with Gasteiger partial charge in [-0.3, -0.25) is 0 Å². The highest BCUT2D eigenvalue weighted by atomic mass is 16.5. The van der Waals surface area contributed by atoms with Gasteiger partial charge >= 0.3 is 11.9 Å². The molecule has 454 valence electrons. The van der Waals surface area contributed by atoms with Crippen molar-refractivity contribution in [1.29, 1.82) is 0 Å². The highest BCUT2D eigenvalue weighted by molar-refractivity contribution is 7.00. The van der Waals surface area contributed by atoms with Gasteiger partial charge in [-0.05, 0) is 136 Å². The van der Waals surface area contributed by atoms with Gasteiger partial charge in [0.2, 0.25) is 0 Å². The van der Waals surface area contributed by atoms with Gasteiger partial charge in [0.1, 0.15) is 13.2 Å². The van der Waals surface area contributed by atoms with Crippen LogP contribution < -0.4 is 26.2 Å². The second-order valence-corrected chi connectivity index (χ2v) is 24.2. The van der Waals surface area contributed by atoms with E-state index in [2.05, 4.69) is 196 Å². The van der Waals surface area contributed by atoms with E-state index in [0.717, 1.165) is 123 Å². The van der Waals surface area contributed by atoms with Crippen LogP contribution in [0.4, 0.5) is 34.1 Å². The molecule has 0 radical (unpaired) electrons. The third-order valence-corrected chi connectivity index (χ3v) is 18.5. The van der Waals surface area contributed by atoms with Gasteiger partial charge in [-0.25, -0.2) is 19.6 Å². The van der Waals surface area contributed by atoms with Crippen molar-refractivity contribution in [3.63, 3.8) is 0 Å². The molecule has 15 aromatic rings. The van der Waals surface area contributed by atoms with Crippen LogP contribution in [0.1, 0.15) is 31.8 Å². The minimum Gasteiger partial charge on any atom is -0.457 e. The maximum Gasteiger partial charge on any atom is 0.338 e. The molecule has 0 saturated carbocycles. The van der Waals surface area contributed by atoms with Crippen LogP contribution in [-0.4, -0.2) is 33.2 Å². The number of carbonyl (C=O) groups excluding carboxylic acids is 2. The summed E-state index contributed by atoms with van der Waals surface area (Å²) in [4.78, 5) is 43.6. The maximum absolute atomic E-state index is 14.1. The molecule has 10 heteroatoms. The molecule has 2 aliphatic heterocycles. The van der Waals surface area contributed by atoms with E-state index < -0.39 is 11.9 Å². The standard InChI is InChI=1S/C86H58BN5O4/c93-85(95-55-57-23-7-1-8-24-57)64-44-48-77-70(52-64)71-53-65(86(94)96-56-58-25-9-2-10-26-58)45-49-78(71)92(77)76-47-43-63(75-54-74(61-27-11-3-12-28-61)88-84(89-75)62-29-13-4-14-30-62)51-69(76)60-41-39-59(40-42-60)68-46-50-81-82-83(68)91(67-33-17-6-18-34-67)80-38-22-20-36-73(80)87(82)72-35-19-21-37-79(72)90(81)66-31-15-5-16-32-66/h1-54H,55-56H2. The van der Waals surface area contributed by atoms with E-state index in [1.165, 1.54) is 16.4 Å². The average Bonchev–Trinajstić information content (AvgIpc) is 0.891. The topological polar surface area (TPSA) is 89.8 Å². The first kappa shape index (κ1) is 57.3. The van der Waals surface area contributed by atoms with Crippen LogP contribution in [0.5, 0.6) is 0 Å². The SMILES string of the molecule is O=C(OCc1ccccc1)c1ccc2c(c1)c1cc(C(=O)OCc3ccccc3)ccc1n2-c1ccc(-c2cc(-c3ccccc3)nc(-c3ccccc3)n2)cc1-c1ccc(-c2ccc3c4c2N(c2ccccc2)c2ccccc2B4c2ccccc2N3c2ccccc2)cc1. The molecule has 0 amide bonds. The summed E-state index contributed by atoms with van der Waals surface area (Å²) in [5.41, 5.74) is 23.8. The summed E-state index contributed by atoms with van der Waals surface area (Å²) in [6.07, 6.45) is 0. The Morgan fingerprint density at radius 2 is 0.781 bits per heavy atom. The predicted octanol–water partition coefficient (Wildman–Crippen LogP) is 18.7. The number of nitrogens with zero attached hydrogens (tertiary/aromatic N) is 5. The van der Waals surface area contributed by atoms with Crippen LogP contribution in [0.2, 0.25) is 0 Å². The summed E-state index contributed by atoms with van der Waals surface area (Å²) in [7, 11) is 0. The van der Waals surface area contributed by atoms with Crippen molar-refractivity contribution in [3.8, 4) is 61.8 Å². The number of para-hydroxylation sites is 4. The molecule has 0 unspecified atom stereocenters. The smallest absolute Gasteiger partial charge is 0.338 e. The lowest BCUT2D eigenvalue weighted by molar-refractivity contribution is 0.0464. The number of esters is 2. The molecule has 17 rings (SSSR count). The average molecular weight is 1240 g/mol. The summed E-state index contributed by atoms with van der Waals surface area (Å²) in [5.74, 6) is -0.310. The number of hydrogen-bond acceptors (Lipinski definition) is 8. The van der Waals surface area contributed by atoms with Crippen molar-refractivity contribution in [2.24, 2.45) is 0 Å². The van der Waals surface area contributed by atoms with Crippen LogP contribution in [-0.2, 0) is 22.7 Å². The number of rotatable bonds is 14. The number of aromatic nitrogens is 3. The highest BCUT2D eigenvalue weighted by Gasteiger charge is 2.44. The zero-order chi connectivity index (χ0) is 64.1. The Balaban J connectivity index is 0.864. The van der Waals surface area contributed by atoms with Crippen molar-refractivity contribution in [3.05, 3.63) is 350 Å². The van der Waals surface area contributed by atoms with Crippen LogP contribution in [0.15, 0.2) is 328 Å². The third kappa shape index (κ3) is 10.3. The molecular weight excluding hydrogens is 1180 g/mol. The van der Waals surface area contributed by atoms with Crippen molar-refractivity contribution in [1.82, 2.24) is 14.5 Å². The molecule has 2 aliphatic rings. The van der Waals surface area contributed by atoms with Gasteiger partial charge in [-0.15, -0.1) is 0 Å². The Kier molecular flexibility index (Phi) is 14.6. The summed E-state index contributed by atoms with van der Waals surface area (Å²) >= 11 is 0. The Labute approximate surface area is 556 Å². The molecule has 0 aliphatic carbocycles. The summed E-state index contributed by atoms with van der Waals surface area (Å²) in [6.45, 7) is 0.176. The fourth-order valence-electron chi connectivity index (χ4n) is 14.0. The van der Waals surface area contributed by atoms with E-state index in [4.69, 9.17) is 19.4 Å². The van der Waals surface area contributed by atoms with E-state index in [9.17, 15) is 9.59 Å². The fourth-order valence-corrected chi connectivity index (χ4v) is 14.0. The molecule has 2 aromatic heterocycles. The summed E-state index contributed by atoms with van der Waals surface area (Å²) < 4.78 is 14.1. The van der Waals surface area contributed by atoms with Crippen LogP contribution in [0.25, 0.3) is 83.6 Å². The van der Waals surface area contributed by atoms with Gasteiger partial charge in [-0.1, -0.05) is 231 Å². The lowest BCUT2D eigenvalue weighted by Gasteiger charge is -2.45. The molecule has 0 fully saturated rings. The largest absolute Gasteiger partial charge is 0.457 e. The zero-order valence-corrected chi connectivity index (χ0v) is 52.0. The second kappa shape index (κ2) is 24.4. The van der Waals surface area contributed by atoms with Crippen molar-refractivity contribution in [2.75, 3.05) is 9.80 Å². The van der Waals surface area contributed by atoms with Gasteiger partial charge in [0.25, 0.3) is 6.71 Å². The number of anilines is 6. The van der Waals surface area contributed by atoms with Gasteiger partial charge in [0.15, 0.2) is 5.82 Å². The molecular formula is C86H58BN5O4. The first-order valence-corrected chi connectivity index (χ1v) is 32.3. The molecule has 4 heterocycles. The van der Waals surface area contributed by atoms with Gasteiger partial charge in [-0.2, -0.15) is 0 Å². The predicted molar refractivity (Wildman–Crippen MR) is 389 cm³/mol. The summed E-state index contributed by atoms with van der Waals surface area (Å²) in [6, 6.07) is 112.